The molecule has 1 aliphatic rings. The van der Waals surface area contributed by atoms with Crippen molar-refractivity contribution >= 4 is 5.91 Å². The van der Waals surface area contributed by atoms with Gasteiger partial charge in [-0.1, -0.05) is 5.16 Å². The van der Waals surface area contributed by atoms with E-state index >= 15 is 0 Å². The van der Waals surface area contributed by atoms with Gasteiger partial charge in [0.2, 0.25) is 11.8 Å². The number of aryl methyl sites for hydroxylation is 1. The molecule has 0 aromatic carbocycles. The molecule has 1 aliphatic heterocycles. The number of nitrogens with one attached hydrogen (secondary N) is 1. The zero-order valence-corrected chi connectivity index (χ0v) is 8.86. The van der Waals surface area contributed by atoms with E-state index in [1.54, 1.807) is 14.0 Å². The molecule has 0 aliphatic carbocycles. The molecule has 1 aromatic heterocycles. The lowest BCUT2D eigenvalue weighted by molar-refractivity contribution is -0.122. The molecule has 82 valence electrons. The Bertz CT molecular complexity index is 357. The number of rotatable bonds is 3. The van der Waals surface area contributed by atoms with Crippen LogP contribution in [0.25, 0.3) is 0 Å². The molecule has 15 heavy (non-hydrogen) atoms. The van der Waals surface area contributed by atoms with Crippen LogP contribution >= 0.6 is 0 Å². The van der Waals surface area contributed by atoms with Gasteiger partial charge in [-0.3, -0.25) is 9.69 Å². The average molecular weight is 210 g/mol. The van der Waals surface area contributed by atoms with E-state index in [-0.39, 0.29) is 11.8 Å². The minimum atomic E-state index is 0.0372. The Morgan fingerprint density at radius 2 is 2.40 bits per heavy atom. The predicted molar refractivity (Wildman–Crippen MR) is 52.3 cm³/mol. The van der Waals surface area contributed by atoms with E-state index in [0.717, 1.165) is 13.1 Å². The molecule has 1 aromatic rings. The number of likely N-dealkylation sites (N-methyl/N-ethyl adjacent to an activating group) is 1. The number of hydrogen-bond acceptors (Lipinski definition) is 5. The molecule has 6 heteroatoms. The molecule has 0 atom stereocenters. The van der Waals surface area contributed by atoms with Crippen LogP contribution in [-0.2, 0) is 4.79 Å². The lowest BCUT2D eigenvalue weighted by atomic mass is 10.0. The van der Waals surface area contributed by atoms with E-state index < -0.39 is 0 Å². The van der Waals surface area contributed by atoms with Gasteiger partial charge in [-0.05, 0) is 6.92 Å². The van der Waals surface area contributed by atoms with Gasteiger partial charge in [0.15, 0.2) is 5.82 Å². The summed E-state index contributed by atoms with van der Waals surface area (Å²) in [5, 5.41) is 6.33. The molecule has 2 heterocycles. The monoisotopic (exact) mass is 210 g/mol. The van der Waals surface area contributed by atoms with Crippen LogP contribution in [0.3, 0.4) is 0 Å². The second-order valence-corrected chi connectivity index (χ2v) is 3.74. The van der Waals surface area contributed by atoms with Gasteiger partial charge in [-0.25, -0.2) is 0 Å². The topological polar surface area (TPSA) is 71.3 Å². The summed E-state index contributed by atoms with van der Waals surface area (Å²) < 4.78 is 5.06. The second-order valence-electron chi connectivity index (χ2n) is 3.74. The normalized spacial score (nSPS) is 17.5. The number of carbonyl (C=O) groups is 1. The highest BCUT2D eigenvalue weighted by Gasteiger charge is 2.32. The fraction of sp³-hybridized carbons (Fsp3) is 0.667. The summed E-state index contributed by atoms with van der Waals surface area (Å²) in [6.07, 6.45) is 0. The molecule has 2 rings (SSSR count). The molecule has 0 radical (unpaired) electrons. The molecule has 0 saturated carbocycles. The van der Waals surface area contributed by atoms with Crippen molar-refractivity contribution in [2.75, 3.05) is 26.7 Å². The van der Waals surface area contributed by atoms with Crippen LogP contribution < -0.4 is 5.32 Å². The fourth-order valence-electron chi connectivity index (χ4n) is 1.62. The lowest BCUT2D eigenvalue weighted by Gasteiger charge is -2.36. The Balaban J connectivity index is 1.81. The summed E-state index contributed by atoms with van der Waals surface area (Å²) in [7, 11) is 1.64. The predicted octanol–water partition coefficient (Wildman–Crippen LogP) is -0.477. The maximum Gasteiger partial charge on any atom is 0.233 e. The summed E-state index contributed by atoms with van der Waals surface area (Å²) in [6.45, 7) is 3.87. The van der Waals surface area contributed by atoms with Gasteiger partial charge < -0.3 is 9.84 Å². The molecule has 0 bridgehead atoms. The van der Waals surface area contributed by atoms with Crippen LogP contribution in [-0.4, -0.2) is 47.6 Å². The standard InChI is InChI=1S/C9H14N4O2/c1-6-11-9(15-12-6)7-3-13(4-7)5-8(14)10-2/h7H,3-5H2,1-2H3,(H,10,14). The molecule has 6 nitrogen and oxygen atoms in total. The summed E-state index contributed by atoms with van der Waals surface area (Å²) >= 11 is 0. The molecule has 1 amide bonds. The first kappa shape index (κ1) is 10.1. The number of nitrogens with zero attached hydrogens (tertiary/aromatic N) is 3. The Morgan fingerprint density at radius 1 is 1.67 bits per heavy atom. The van der Waals surface area contributed by atoms with Gasteiger partial charge in [0.05, 0.1) is 12.5 Å². The largest absolute Gasteiger partial charge is 0.358 e. The van der Waals surface area contributed by atoms with E-state index in [0.29, 0.717) is 18.3 Å². The van der Waals surface area contributed by atoms with Crippen molar-refractivity contribution in [3.8, 4) is 0 Å². The highest BCUT2D eigenvalue weighted by Crippen LogP contribution is 2.24. The highest BCUT2D eigenvalue weighted by atomic mass is 16.5. The molecule has 1 saturated heterocycles. The third-order valence-electron chi connectivity index (χ3n) is 2.50. The Hall–Kier alpha value is -1.43. The van der Waals surface area contributed by atoms with E-state index in [4.69, 9.17) is 4.52 Å². The number of hydrogen-bond donors (Lipinski definition) is 1. The average Bonchev–Trinajstić information content (AvgIpc) is 2.57. The highest BCUT2D eigenvalue weighted by molar-refractivity contribution is 5.77. The van der Waals surface area contributed by atoms with Crippen molar-refractivity contribution in [3.63, 3.8) is 0 Å². The van der Waals surface area contributed by atoms with Crippen LogP contribution in [0, 0.1) is 6.92 Å². The second kappa shape index (κ2) is 3.98. The van der Waals surface area contributed by atoms with Crippen molar-refractivity contribution in [2.24, 2.45) is 0 Å². The first-order valence-electron chi connectivity index (χ1n) is 4.92. The van der Waals surface area contributed by atoms with Gasteiger partial charge in [0.25, 0.3) is 0 Å². The summed E-state index contributed by atoms with van der Waals surface area (Å²) in [4.78, 5) is 17.3. The molecule has 1 fully saturated rings. The number of carbonyl (C=O) groups excluding carboxylic acids is 1. The fourth-order valence-corrected chi connectivity index (χ4v) is 1.62. The molecular formula is C9H14N4O2. The van der Waals surface area contributed by atoms with Gasteiger partial charge in [-0.2, -0.15) is 4.98 Å². The van der Waals surface area contributed by atoms with E-state index in [1.807, 2.05) is 4.90 Å². The van der Waals surface area contributed by atoms with E-state index in [2.05, 4.69) is 15.5 Å². The van der Waals surface area contributed by atoms with E-state index in [9.17, 15) is 4.79 Å². The lowest BCUT2D eigenvalue weighted by Crippen LogP contribution is -2.49. The number of likely N-dealkylation sites (tertiary alicyclic amines) is 1. The van der Waals surface area contributed by atoms with E-state index in [1.165, 1.54) is 0 Å². The van der Waals surface area contributed by atoms with Crippen molar-refractivity contribution < 1.29 is 9.32 Å². The Kier molecular flexibility index (Phi) is 2.68. The Morgan fingerprint density at radius 3 is 2.93 bits per heavy atom. The van der Waals surface area contributed by atoms with Crippen LogP contribution in [0.1, 0.15) is 17.6 Å². The van der Waals surface area contributed by atoms with Crippen molar-refractivity contribution in [1.29, 1.82) is 0 Å². The van der Waals surface area contributed by atoms with Gasteiger partial charge >= 0.3 is 0 Å². The van der Waals surface area contributed by atoms with Crippen LogP contribution in [0.4, 0.5) is 0 Å². The third kappa shape index (κ3) is 2.15. The summed E-state index contributed by atoms with van der Waals surface area (Å²) in [6, 6.07) is 0. The minimum absolute atomic E-state index is 0.0372. The zero-order chi connectivity index (χ0) is 10.8. The van der Waals surface area contributed by atoms with Gasteiger partial charge in [0.1, 0.15) is 0 Å². The smallest absolute Gasteiger partial charge is 0.233 e. The SMILES string of the molecule is CNC(=O)CN1CC(c2nc(C)no2)C1. The van der Waals surface area contributed by atoms with Crippen LogP contribution in [0.15, 0.2) is 4.52 Å². The maximum absolute atomic E-state index is 11.1. The van der Waals surface area contributed by atoms with Crippen LogP contribution in [0.5, 0.6) is 0 Å². The minimum Gasteiger partial charge on any atom is -0.358 e. The summed E-state index contributed by atoms with van der Waals surface area (Å²) in [5.41, 5.74) is 0. The number of aromatic nitrogens is 2. The molecule has 0 spiro atoms. The maximum atomic E-state index is 11.1. The van der Waals surface area contributed by atoms with Gasteiger partial charge in [0, 0.05) is 20.1 Å². The van der Waals surface area contributed by atoms with Crippen molar-refractivity contribution in [3.05, 3.63) is 11.7 Å². The Labute approximate surface area is 87.6 Å². The quantitative estimate of drug-likeness (QED) is 0.729. The summed E-state index contributed by atoms with van der Waals surface area (Å²) in [5.74, 6) is 1.67. The van der Waals surface area contributed by atoms with Crippen molar-refractivity contribution in [2.45, 2.75) is 12.8 Å². The van der Waals surface area contributed by atoms with Crippen LogP contribution in [0.2, 0.25) is 0 Å². The molecular weight excluding hydrogens is 196 g/mol. The third-order valence-corrected chi connectivity index (χ3v) is 2.50. The van der Waals surface area contributed by atoms with Gasteiger partial charge in [-0.15, -0.1) is 0 Å². The number of amides is 1. The molecule has 0 unspecified atom stereocenters. The first-order chi connectivity index (χ1) is 7.19. The van der Waals surface area contributed by atoms with Crippen molar-refractivity contribution in [1.82, 2.24) is 20.4 Å². The first-order valence-corrected chi connectivity index (χ1v) is 4.92. The zero-order valence-electron chi connectivity index (χ0n) is 8.86. The molecule has 1 N–H and O–H groups in total.